The van der Waals surface area contributed by atoms with Crippen LogP contribution >= 0.6 is 22.7 Å². The number of ether oxygens (including phenoxy) is 1. The fourth-order valence-corrected chi connectivity index (χ4v) is 12.0. The molecule has 5 atom stereocenters. The number of nitrogen functional groups attached to an aromatic ring is 1. The molecule has 9 rings (SSSR count). The molecular weight excluding hydrogens is 929 g/mol. The van der Waals surface area contributed by atoms with Gasteiger partial charge in [-0.25, -0.2) is 15.0 Å². The second kappa shape index (κ2) is 20.8. The maximum absolute atomic E-state index is 14.1. The molecule has 1 aliphatic carbocycles. The van der Waals surface area contributed by atoms with Crippen LogP contribution in [-0.4, -0.2) is 114 Å². The number of carbonyl (C=O) groups is 2. The smallest absolute Gasteiger partial charge is 0.254 e. The summed E-state index contributed by atoms with van der Waals surface area (Å²) >= 11 is 3.06. The molecule has 1 aromatic carbocycles. The van der Waals surface area contributed by atoms with E-state index in [0.29, 0.717) is 46.2 Å². The Bertz CT molecular complexity index is 2880. The SMILES string of the molecule is Cc1ncsc1-c1ccc(CNC(=O)[C@@H]2C[C@@H](O)CN2C(=O)C(c2cc(OC/C=C/CN3CCCN(c4nccc(-c5noc([C@@]6(C)CCCc7sc(N)c(C#N)c76)n5)n4)[C@@H](C)C3)no2)C(C)C)cc1. The van der Waals surface area contributed by atoms with Crippen molar-refractivity contribution in [2.24, 2.45) is 5.92 Å². The van der Waals surface area contributed by atoms with Crippen LogP contribution in [-0.2, 0) is 28.0 Å². The minimum atomic E-state index is -0.828. The molecule has 4 N–H and O–H groups in total. The Kier molecular flexibility index (Phi) is 14.4. The molecule has 0 spiro atoms. The third-order valence-corrected chi connectivity index (χ3v) is 15.7. The van der Waals surface area contributed by atoms with Crippen molar-refractivity contribution in [1.29, 1.82) is 5.26 Å². The monoisotopic (exact) mass is 986 g/mol. The lowest BCUT2D eigenvalue weighted by atomic mass is 9.72. The molecule has 1 unspecified atom stereocenters. The van der Waals surface area contributed by atoms with Gasteiger partial charge >= 0.3 is 0 Å². The molecule has 2 saturated heterocycles. The summed E-state index contributed by atoms with van der Waals surface area (Å²) in [6.45, 7) is 13.7. The third-order valence-electron chi connectivity index (χ3n) is 13.6. The molecule has 0 bridgehead atoms. The zero-order chi connectivity index (χ0) is 49.1. The van der Waals surface area contributed by atoms with Crippen molar-refractivity contribution in [2.75, 3.05) is 50.0 Å². The molecule has 2 amide bonds. The number of nitrogens with two attached hydrogens (primary N) is 1. The zero-order valence-electron chi connectivity index (χ0n) is 40.0. The number of fused-ring (bicyclic) bond motifs is 1. The predicted octanol–water partition coefficient (Wildman–Crippen LogP) is 6.66. The topological polar surface area (TPSA) is 239 Å². The summed E-state index contributed by atoms with van der Waals surface area (Å²) in [5.41, 5.74) is 12.4. The number of likely N-dealkylation sites (tertiary alicyclic amines) is 1. The number of carbonyl (C=O) groups excluding carboxylic acids is 2. The number of nitrogens with zero attached hydrogens (tertiary/aromatic N) is 10. The van der Waals surface area contributed by atoms with Gasteiger partial charge in [0.05, 0.1) is 33.2 Å². The number of rotatable bonds is 15. The van der Waals surface area contributed by atoms with E-state index in [9.17, 15) is 20.0 Å². The van der Waals surface area contributed by atoms with Crippen molar-refractivity contribution in [3.05, 3.63) is 99.2 Å². The van der Waals surface area contributed by atoms with Gasteiger partial charge in [-0.3, -0.25) is 14.5 Å². The van der Waals surface area contributed by atoms with E-state index >= 15 is 0 Å². The van der Waals surface area contributed by atoms with Crippen molar-refractivity contribution in [3.8, 4) is 33.9 Å². The van der Waals surface area contributed by atoms with E-state index in [4.69, 9.17) is 29.5 Å². The zero-order valence-corrected chi connectivity index (χ0v) is 41.6. The standard InChI is InChI=1S/C50H58N12O6S2/c1-29(2)41(47(65)62-27-34(63)22-37(62)46(64)54-25-32-11-13-33(14-12-32)43-31(4)55-28-69-43)38-23-40(58-67-38)66-21-7-6-18-60-19-9-20-61(30(3)26-60)49-53-17-15-36(56-49)45-57-48(68-59-45)50(5)16-8-10-39-42(50)35(24-51)44(52)70-39/h6-7,11-15,17,23,28-30,34,37,41,63H,8-10,16,18-22,25-27,52H2,1-5H3,(H,54,64)/b7-6+/t30-,34+,37-,41?,50-/m0/s1. The van der Waals surface area contributed by atoms with Crippen LogP contribution in [0.5, 0.6) is 5.88 Å². The number of thiazole rings is 1. The first-order valence-electron chi connectivity index (χ1n) is 23.8. The number of nitriles is 1. The molecular formula is C50H58N12O6S2. The van der Waals surface area contributed by atoms with Gasteiger partial charge in [0.1, 0.15) is 35.3 Å². The third kappa shape index (κ3) is 10.1. The number of aryl methyl sites for hydroxylation is 2. The number of amides is 2. The van der Waals surface area contributed by atoms with Crippen LogP contribution in [0, 0.1) is 24.2 Å². The number of aromatic nitrogens is 6. The number of nitrogens with one attached hydrogen (secondary N) is 1. The van der Waals surface area contributed by atoms with Crippen LogP contribution in [0.1, 0.15) is 98.2 Å². The molecule has 6 aromatic rings. The fourth-order valence-electron chi connectivity index (χ4n) is 9.98. The summed E-state index contributed by atoms with van der Waals surface area (Å²) in [4.78, 5) is 54.6. The lowest BCUT2D eigenvalue weighted by molar-refractivity contribution is -0.141. The molecule has 20 heteroatoms. The van der Waals surface area contributed by atoms with Crippen molar-refractivity contribution in [3.63, 3.8) is 0 Å². The van der Waals surface area contributed by atoms with Crippen LogP contribution in [0.3, 0.4) is 0 Å². The predicted molar refractivity (Wildman–Crippen MR) is 265 cm³/mol. The molecule has 18 nitrogen and oxygen atoms in total. The Morgan fingerprint density at radius 2 is 1.93 bits per heavy atom. The number of aliphatic hydroxyl groups excluding tert-OH is 1. The number of thiophene rings is 1. The van der Waals surface area contributed by atoms with Gasteiger partial charge in [0.25, 0.3) is 5.88 Å². The fraction of sp³-hybridized carbons (Fsp3) is 0.460. The Labute approximate surface area is 414 Å². The van der Waals surface area contributed by atoms with Crippen LogP contribution < -0.4 is 20.7 Å². The van der Waals surface area contributed by atoms with Crippen molar-refractivity contribution >= 4 is 45.4 Å². The molecule has 70 heavy (non-hydrogen) atoms. The number of anilines is 2. The van der Waals surface area contributed by atoms with Gasteiger partial charge in [-0.15, -0.1) is 22.7 Å². The van der Waals surface area contributed by atoms with E-state index in [-0.39, 0.29) is 55.8 Å². The van der Waals surface area contributed by atoms with E-state index in [1.807, 2.05) is 63.5 Å². The first kappa shape index (κ1) is 48.5. The highest BCUT2D eigenvalue weighted by atomic mass is 32.1. The van der Waals surface area contributed by atoms with Gasteiger partial charge in [-0.05, 0) is 74.7 Å². The summed E-state index contributed by atoms with van der Waals surface area (Å²) in [5.74, 6) is 0.438. The summed E-state index contributed by atoms with van der Waals surface area (Å²) in [5, 5.41) is 32.5. The van der Waals surface area contributed by atoms with E-state index in [1.165, 1.54) is 16.2 Å². The van der Waals surface area contributed by atoms with Crippen molar-refractivity contribution < 1.29 is 28.5 Å². The van der Waals surface area contributed by atoms with E-state index in [1.54, 1.807) is 29.7 Å². The Hall–Kier alpha value is -6.53. The number of β-amino-alcohol motifs (C(OH)–C–C–N with tert-alkyl or cyclic N) is 1. The first-order valence-corrected chi connectivity index (χ1v) is 25.5. The molecule has 2 aliphatic heterocycles. The van der Waals surface area contributed by atoms with Crippen LogP contribution in [0.2, 0.25) is 0 Å². The van der Waals surface area contributed by atoms with E-state index in [2.05, 4.69) is 54.5 Å². The van der Waals surface area contributed by atoms with E-state index in [0.717, 1.165) is 77.5 Å². The minimum absolute atomic E-state index is 0.0448. The van der Waals surface area contributed by atoms with Crippen LogP contribution in [0.15, 0.2) is 69.3 Å². The molecule has 0 saturated carbocycles. The number of hydrogen-bond donors (Lipinski definition) is 3. The quantitative estimate of drug-likeness (QED) is 0.0912. The molecule has 2 fully saturated rings. The second-order valence-corrected chi connectivity index (χ2v) is 20.9. The van der Waals surface area contributed by atoms with Crippen LogP contribution in [0.4, 0.5) is 10.9 Å². The van der Waals surface area contributed by atoms with Gasteiger partial charge in [0.2, 0.25) is 29.5 Å². The highest BCUT2D eigenvalue weighted by molar-refractivity contribution is 7.16. The molecule has 7 heterocycles. The van der Waals surface area contributed by atoms with Gasteiger partial charge in [0, 0.05) is 74.4 Å². The van der Waals surface area contributed by atoms with Gasteiger partial charge in [0.15, 0.2) is 5.76 Å². The molecule has 0 radical (unpaired) electrons. The normalized spacial score (nSPS) is 21.2. The van der Waals surface area contributed by atoms with E-state index < -0.39 is 23.5 Å². The highest BCUT2D eigenvalue weighted by Crippen LogP contribution is 2.48. The van der Waals surface area contributed by atoms with Gasteiger partial charge in [-0.2, -0.15) is 10.2 Å². The molecule has 3 aliphatic rings. The second-order valence-electron chi connectivity index (χ2n) is 18.9. The molecule has 5 aromatic heterocycles. The largest absolute Gasteiger partial charge is 0.471 e. The summed E-state index contributed by atoms with van der Waals surface area (Å²) in [7, 11) is 0. The van der Waals surface area contributed by atoms with Crippen molar-refractivity contribution in [2.45, 2.75) is 103 Å². The highest BCUT2D eigenvalue weighted by Gasteiger charge is 2.45. The minimum Gasteiger partial charge on any atom is -0.471 e. The average molecular weight is 987 g/mol. The summed E-state index contributed by atoms with van der Waals surface area (Å²) < 4.78 is 17.5. The van der Waals surface area contributed by atoms with Gasteiger partial charge < -0.3 is 39.7 Å². The lowest BCUT2D eigenvalue weighted by Crippen LogP contribution is -2.48. The number of hydrogen-bond acceptors (Lipinski definition) is 18. The Morgan fingerprint density at radius 3 is 2.70 bits per heavy atom. The number of benzene rings is 1. The Balaban J connectivity index is 0.760. The summed E-state index contributed by atoms with van der Waals surface area (Å²) in [6.07, 6.45) is 8.51. The van der Waals surface area contributed by atoms with Gasteiger partial charge in [-0.1, -0.05) is 55.4 Å². The number of aliphatic hydroxyl groups is 1. The maximum atomic E-state index is 14.1. The Morgan fingerprint density at radius 1 is 1.10 bits per heavy atom. The van der Waals surface area contributed by atoms with Crippen LogP contribution in [0.25, 0.3) is 22.0 Å². The summed E-state index contributed by atoms with van der Waals surface area (Å²) in [6, 6.07) is 13.0. The maximum Gasteiger partial charge on any atom is 0.254 e. The lowest BCUT2D eigenvalue weighted by Gasteiger charge is -2.30. The average Bonchev–Trinajstić information content (AvgIpc) is 4.21. The van der Waals surface area contributed by atoms with Crippen molar-refractivity contribution in [1.82, 2.24) is 45.4 Å². The molecule has 366 valence electrons. The first-order chi connectivity index (χ1) is 33.8.